The van der Waals surface area contributed by atoms with Crippen molar-refractivity contribution in [1.82, 2.24) is 15.1 Å². The molecule has 1 aliphatic heterocycles. The summed E-state index contributed by atoms with van der Waals surface area (Å²) in [5.41, 5.74) is 2.07. The smallest absolute Gasteiger partial charge is 0.231 e. The van der Waals surface area contributed by atoms with E-state index in [9.17, 15) is 0 Å². The largest absolute Gasteiger partial charge is 0.488 e. The molecule has 0 radical (unpaired) electrons. The fourth-order valence-corrected chi connectivity index (χ4v) is 2.14. The van der Waals surface area contributed by atoms with Gasteiger partial charge in [-0.05, 0) is 13.1 Å². The summed E-state index contributed by atoms with van der Waals surface area (Å²) >= 11 is 0. The van der Waals surface area contributed by atoms with E-state index in [1.807, 2.05) is 32.4 Å². The molecular weight excluding hydrogens is 258 g/mol. The molecule has 3 rings (SSSR count). The zero-order chi connectivity index (χ0) is 13.9. The molecule has 0 spiro atoms. The highest BCUT2D eigenvalue weighted by molar-refractivity contribution is 5.51. The molecule has 0 bridgehead atoms. The third kappa shape index (κ3) is 2.55. The number of rotatable bonds is 5. The molecule has 106 valence electrons. The van der Waals surface area contributed by atoms with Crippen LogP contribution in [0, 0.1) is 0 Å². The van der Waals surface area contributed by atoms with E-state index in [1.165, 1.54) is 0 Å². The summed E-state index contributed by atoms with van der Waals surface area (Å²) in [5.74, 6) is 2.29. The second-order valence-electron chi connectivity index (χ2n) is 4.65. The van der Waals surface area contributed by atoms with Gasteiger partial charge in [0.2, 0.25) is 6.79 Å². The highest BCUT2D eigenvalue weighted by atomic mass is 16.7. The summed E-state index contributed by atoms with van der Waals surface area (Å²) in [5, 5.41) is 7.25. The van der Waals surface area contributed by atoms with Crippen molar-refractivity contribution in [2.45, 2.75) is 13.2 Å². The lowest BCUT2D eigenvalue weighted by molar-refractivity contribution is 0.173. The van der Waals surface area contributed by atoms with E-state index in [4.69, 9.17) is 14.2 Å². The monoisotopic (exact) mass is 275 g/mol. The fraction of sp³-hybridized carbons (Fsp3) is 0.357. The highest BCUT2D eigenvalue weighted by Crippen LogP contribution is 2.38. The Hall–Kier alpha value is -2.21. The van der Waals surface area contributed by atoms with Crippen LogP contribution in [0.5, 0.6) is 17.2 Å². The van der Waals surface area contributed by atoms with Crippen molar-refractivity contribution in [1.29, 1.82) is 0 Å². The molecule has 1 aromatic carbocycles. The normalized spacial score (nSPS) is 12.7. The highest BCUT2D eigenvalue weighted by Gasteiger charge is 2.18. The predicted octanol–water partition coefficient (Wildman–Crippen LogP) is 1.45. The van der Waals surface area contributed by atoms with Crippen molar-refractivity contribution in [2.24, 2.45) is 7.05 Å². The maximum Gasteiger partial charge on any atom is 0.231 e. The number of hydrogen-bond acceptors (Lipinski definition) is 5. The van der Waals surface area contributed by atoms with E-state index in [2.05, 4.69) is 10.4 Å². The van der Waals surface area contributed by atoms with Gasteiger partial charge in [0.05, 0.1) is 6.20 Å². The van der Waals surface area contributed by atoms with E-state index in [-0.39, 0.29) is 6.79 Å². The first-order chi connectivity index (χ1) is 9.76. The molecular formula is C14H17N3O3. The number of hydrogen-bond donors (Lipinski definition) is 1. The second kappa shape index (κ2) is 5.42. The molecule has 6 nitrogen and oxygen atoms in total. The van der Waals surface area contributed by atoms with Crippen LogP contribution in [-0.2, 0) is 20.2 Å². The van der Waals surface area contributed by atoms with Crippen molar-refractivity contribution in [3.8, 4) is 17.2 Å². The standard InChI is InChI=1S/C14H17N3O3/c1-15-6-11-3-13-14(20-9-19-13)4-12(11)18-8-10-5-16-17(2)7-10/h3-5,7,15H,6,8-9H2,1-2H3. The van der Waals surface area contributed by atoms with Crippen LogP contribution in [0.2, 0.25) is 0 Å². The van der Waals surface area contributed by atoms with Gasteiger partial charge in [-0.25, -0.2) is 0 Å². The molecule has 0 saturated heterocycles. The molecule has 1 aromatic heterocycles. The maximum atomic E-state index is 5.89. The minimum atomic E-state index is 0.264. The molecule has 0 amide bonds. The predicted molar refractivity (Wildman–Crippen MR) is 72.9 cm³/mol. The quantitative estimate of drug-likeness (QED) is 0.895. The Labute approximate surface area is 117 Å². The van der Waals surface area contributed by atoms with E-state index >= 15 is 0 Å². The van der Waals surface area contributed by atoms with Crippen molar-refractivity contribution in [2.75, 3.05) is 13.8 Å². The van der Waals surface area contributed by atoms with E-state index in [0.29, 0.717) is 13.2 Å². The van der Waals surface area contributed by atoms with Crippen LogP contribution in [0.15, 0.2) is 24.5 Å². The third-order valence-corrected chi connectivity index (χ3v) is 3.08. The molecule has 0 saturated carbocycles. The van der Waals surface area contributed by atoms with Gasteiger partial charge in [0.1, 0.15) is 12.4 Å². The first-order valence-corrected chi connectivity index (χ1v) is 6.43. The average Bonchev–Trinajstić information content (AvgIpc) is 3.04. The summed E-state index contributed by atoms with van der Waals surface area (Å²) in [6.07, 6.45) is 3.73. The zero-order valence-corrected chi connectivity index (χ0v) is 11.5. The van der Waals surface area contributed by atoms with Crippen LogP contribution in [-0.4, -0.2) is 23.6 Å². The Morgan fingerprint density at radius 2 is 2.15 bits per heavy atom. The summed E-state index contributed by atoms with van der Waals surface area (Å²) in [4.78, 5) is 0. The number of aryl methyl sites for hydroxylation is 1. The van der Waals surface area contributed by atoms with Gasteiger partial charge in [0, 0.05) is 37.0 Å². The first kappa shape index (κ1) is 12.8. The van der Waals surface area contributed by atoms with Gasteiger partial charge in [-0.15, -0.1) is 0 Å². The summed E-state index contributed by atoms with van der Waals surface area (Å²) in [7, 11) is 3.78. The number of aromatic nitrogens is 2. The molecule has 2 heterocycles. The SMILES string of the molecule is CNCc1cc2c(cc1OCc1cnn(C)c1)OCO2. The lowest BCUT2D eigenvalue weighted by Gasteiger charge is -2.11. The van der Waals surface area contributed by atoms with Crippen LogP contribution >= 0.6 is 0 Å². The third-order valence-electron chi connectivity index (χ3n) is 3.08. The molecule has 2 aromatic rings. The molecule has 1 aliphatic rings. The van der Waals surface area contributed by atoms with Crippen molar-refractivity contribution in [3.05, 3.63) is 35.7 Å². The molecule has 20 heavy (non-hydrogen) atoms. The Kier molecular flexibility index (Phi) is 3.47. The molecule has 0 unspecified atom stereocenters. The van der Waals surface area contributed by atoms with Crippen molar-refractivity contribution < 1.29 is 14.2 Å². The van der Waals surface area contributed by atoms with Gasteiger partial charge in [0.15, 0.2) is 11.5 Å². The number of nitrogens with one attached hydrogen (secondary N) is 1. The zero-order valence-electron chi connectivity index (χ0n) is 11.5. The number of ether oxygens (including phenoxy) is 3. The van der Waals surface area contributed by atoms with E-state index < -0.39 is 0 Å². The van der Waals surface area contributed by atoms with Crippen LogP contribution in [0.4, 0.5) is 0 Å². The molecule has 6 heteroatoms. The lowest BCUT2D eigenvalue weighted by Crippen LogP contribution is -2.07. The first-order valence-electron chi connectivity index (χ1n) is 6.43. The summed E-state index contributed by atoms with van der Waals surface area (Å²) in [6, 6.07) is 3.84. The number of fused-ring (bicyclic) bond motifs is 1. The Morgan fingerprint density at radius 3 is 2.85 bits per heavy atom. The number of benzene rings is 1. The van der Waals surface area contributed by atoms with E-state index in [1.54, 1.807) is 10.9 Å². The lowest BCUT2D eigenvalue weighted by atomic mass is 10.1. The molecule has 0 fully saturated rings. The summed E-state index contributed by atoms with van der Waals surface area (Å²) < 4.78 is 18.4. The van der Waals surface area contributed by atoms with Crippen LogP contribution < -0.4 is 19.5 Å². The minimum Gasteiger partial charge on any atom is -0.488 e. The second-order valence-corrected chi connectivity index (χ2v) is 4.65. The topological polar surface area (TPSA) is 57.5 Å². The average molecular weight is 275 g/mol. The van der Waals surface area contributed by atoms with E-state index in [0.717, 1.165) is 28.4 Å². The van der Waals surface area contributed by atoms with Gasteiger partial charge in [-0.3, -0.25) is 4.68 Å². The van der Waals surface area contributed by atoms with Gasteiger partial charge in [-0.1, -0.05) is 0 Å². The van der Waals surface area contributed by atoms with Gasteiger partial charge >= 0.3 is 0 Å². The van der Waals surface area contributed by atoms with Crippen LogP contribution in [0.1, 0.15) is 11.1 Å². The van der Waals surface area contributed by atoms with Gasteiger partial charge < -0.3 is 19.5 Å². The maximum absolute atomic E-state index is 5.89. The number of nitrogens with zero attached hydrogens (tertiary/aromatic N) is 2. The van der Waals surface area contributed by atoms with Crippen LogP contribution in [0.3, 0.4) is 0 Å². The Morgan fingerprint density at radius 1 is 1.35 bits per heavy atom. The Balaban J connectivity index is 1.80. The summed E-state index contributed by atoms with van der Waals surface area (Å²) in [6.45, 7) is 1.45. The van der Waals surface area contributed by atoms with Crippen LogP contribution in [0.25, 0.3) is 0 Å². The van der Waals surface area contributed by atoms with Gasteiger partial charge in [0.25, 0.3) is 0 Å². The Bertz CT molecular complexity index is 610. The van der Waals surface area contributed by atoms with Crippen molar-refractivity contribution >= 4 is 0 Å². The molecule has 0 atom stereocenters. The van der Waals surface area contributed by atoms with Gasteiger partial charge in [-0.2, -0.15) is 5.10 Å². The fourth-order valence-electron chi connectivity index (χ4n) is 2.14. The minimum absolute atomic E-state index is 0.264. The molecule has 0 aliphatic carbocycles. The van der Waals surface area contributed by atoms with Crippen molar-refractivity contribution in [3.63, 3.8) is 0 Å². The molecule has 1 N–H and O–H groups in total.